The normalized spacial score (nSPS) is 11.5. The third-order valence-electron chi connectivity index (χ3n) is 12.9. The van der Waals surface area contributed by atoms with Gasteiger partial charge in [0, 0.05) is 42.2 Å². The predicted molar refractivity (Wildman–Crippen MR) is 288 cm³/mol. The molecule has 65 heavy (non-hydrogen) atoms. The van der Waals surface area contributed by atoms with E-state index in [0.717, 1.165) is 101 Å². The minimum absolute atomic E-state index is 0. The number of hydrogen-bond donors (Lipinski definition) is 0. The first kappa shape index (κ1) is 60.4. The van der Waals surface area contributed by atoms with Crippen molar-refractivity contribution in [3.8, 4) is 23.7 Å². The fourth-order valence-electron chi connectivity index (χ4n) is 8.72. The number of nitrogens with zero attached hydrogens (tertiary/aromatic N) is 2. The molecule has 0 saturated heterocycles. The zero-order valence-corrected chi connectivity index (χ0v) is 44.1. The molecule has 0 saturated carbocycles. The molecule has 0 fully saturated rings. The average molecular weight is 932 g/mol. The van der Waals surface area contributed by atoms with Crippen molar-refractivity contribution in [2.45, 2.75) is 285 Å². The first-order chi connectivity index (χ1) is 31.7. The summed E-state index contributed by atoms with van der Waals surface area (Å²) >= 11 is 0. The fourth-order valence-corrected chi connectivity index (χ4v) is 8.72. The predicted octanol–water partition coefficient (Wildman–Crippen LogP) is 20.5. The third kappa shape index (κ3) is 34.4. The zero-order valence-electron chi connectivity index (χ0n) is 43.1. The molecular weight excluding hydrogens is 831 g/mol. The molecule has 368 valence electrons. The van der Waals surface area contributed by atoms with Crippen LogP contribution in [0.1, 0.15) is 283 Å². The molecule has 0 spiro atoms. The Morgan fingerprint density at radius 2 is 0.585 bits per heavy atom. The Bertz CT molecular complexity index is 1450. The standard InChI is InChI=1S/C62H100N2.Ni/c1-5-9-13-15-17-19-21-23-25-27-29-31-33-35-37-39-41-43-49-57-51-45-47-55-59(57)63-61(53-11-7-3)62(54-12-8-4)64-60-56-48-46-52-58(60)50-44-42-40-38-36-34-32-30-28-26-24-22-20-18-16-14-10-6-2;/h45-48,51-52,55-56H,5-36,41-44,49-50,53-54H2,1-4H3;. The molecule has 2 aromatic carbocycles. The smallest absolute Gasteiger partial charge is 0.0665 e. The van der Waals surface area contributed by atoms with Crippen LogP contribution in [-0.2, 0) is 29.3 Å². The van der Waals surface area contributed by atoms with Gasteiger partial charge in [0.15, 0.2) is 0 Å². The van der Waals surface area contributed by atoms with Gasteiger partial charge in [-0.25, -0.2) is 0 Å². The van der Waals surface area contributed by atoms with Crippen LogP contribution < -0.4 is 0 Å². The van der Waals surface area contributed by atoms with Crippen molar-refractivity contribution in [2.75, 3.05) is 0 Å². The van der Waals surface area contributed by atoms with Crippen LogP contribution in [-0.4, -0.2) is 11.4 Å². The van der Waals surface area contributed by atoms with E-state index in [-0.39, 0.29) is 16.5 Å². The number of aliphatic imine (C=N–C) groups is 2. The molecule has 0 aliphatic carbocycles. The third-order valence-corrected chi connectivity index (χ3v) is 12.9. The molecule has 2 nitrogen and oxygen atoms in total. The molecule has 0 aliphatic heterocycles. The van der Waals surface area contributed by atoms with E-state index in [9.17, 15) is 0 Å². The molecule has 3 heteroatoms. The van der Waals surface area contributed by atoms with E-state index in [4.69, 9.17) is 9.98 Å². The number of para-hydroxylation sites is 2. The Morgan fingerprint density at radius 1 is 0.323 bits per heavy atom. The maximum Gasteiger partial charge on any atom is 0.0665 e. The fraction of sp³-hybridized carbons (Fsp3) is 0.710. The van der Waals surface area contributed by atoms with Gasteiger partial charge in [0.25, 0.3) is 0 Å². The average Bonchev–Trinajstić information content (AvgIpc) is 3.31. The summed E-state index contributed by atoms with van der Waals surface area (Å²) in [7, 11) is 0. The van der Waals surface area contributed by atoms with Gasteiger partial charge in [0.2, 0.25) is 0 Å². The van der Waals surface area contributed by atoms with E-state index in [1.807, 2.05) is 0 Å². The molecule has 0 heterocycles. The van der Waals surface area contributed by atoms with Crippen molar-refractivity contribution < 1.29 is 16.5 Å². The maximum atomic E-state index is 5.46. The van der Waals surface area contributed by atoms with E-state index < -0.39 is 0 Å². The van der Waals surface area contributed by atoms with Crippen LogP contribution >= 0.6 is 0 Å². The van der Waals surface area contributed by atoms with E-state index >= 15 is 0 Å². The van der Waals surface area contributed by atoms with Gasteiger partial charge in [-0.05, 0) is 87.5 Å². The van der Waals surface area contributed by atoms with Crippen molar-refractivity contribution in [2.24, 2.45) is 9.98 Å². The summed E-state index contributed by atoms with van der Waals surface area (Å²) in [6.07, 6.45) is 51.1. The number of unbranched alkanes of at least 4 members (excludes halogenated alkanes) is 30. The van der Waals surface area contributed by atoms with E-state index in [2.05, 4.69) is 99.9 Å². The van der Waals surface area contributed by atoms with Crippen molar-refractivity contribution in [3.05, 3.63) is 59.7 Å². The molecule has 0 bridgehead atoms. The summed E-state index contributed by atoms with van der Waals surface area (Å²) < 4.78 is 0. The molecule has 0 aliphatic rings. The Morgan fingerprint density at radius 3 is 0.892 bits per heavy atom. The SMILES string of the molecule is CCCCCCCCCCCCCCCC#CCCCc1ccccc1N=C(CCCC)C(CCCC)=Nc1ccccc1CCCC#CCCCCCCCCCCCCCCC.[Ni]. The number of aryl methyl sites for hydroxylation is 2. The van der Waals surface area contributed by atoms with E-state index in [0.29, 0.717) is 0 Å². The molecule has 0 unspecified atom stereocenters. The molecule has 0 atom stereocenters. The topological polar surface area (TPSA) is 24.7 Å². The summed E-state index contributed by atoms with van der Waals surface area (Å²) in [5.74, 6) is 14.0. The van der Waals surface area contributed by atoms with Crippen molar-refractivity contribution in [1.82, 2.24) is 0 Å². The van der Waals surface area contributed by atoms with Crippen molar-refractivity contribution >= 4 is 22.8 Å². The van der Waals surface area contributed by atoms with Gasteiger partial charge in [-0.3, -0.25) is 9.98 Å². The van der Waals surface area contributed by atoms with Gasteiger partial charge in [0.1, 0.15) is 0 Å². The molecule has 0 N–H and O–H groups in total. The Hall–Kier alpha value is -2.61. The maximum absolute atomic E-state index is 5.46. The van der Waals surface area contributed by atoms with Crippen LogP contribution in [0, 0.1) is 23.7 Å². The Balaban J connectivity index is 0.0000211. The van der Waals surface area contributed by atoms with Gasteiger partial charge in [-0.1, -0.05) is 231 Å². The Kier molecular flexibility index (Phi) is 43.2. The first-order valence-corrected chi connectivity index (χ1v) is 28.0. The van der Waals surface area contributed by atoms with Gasteiger partial charge < -0.3 is 0 Å². The van der Waals surface area contributed by atoms with E-state index in [1.54, 1.807) is 0 Å². The number of hydrogen-bond acceptors (Lipinski definition) is 2. The van der Waals surface area contributed by atoms with Gasteiger partial charge >= 0.3 is 0 Å². The molecular formula is C62H100N2Ni. The summed E-state index contributed by atoms with van der Waals surface area (Å²) in [6, 6.07) is 17.6. The second-order valence-corrected chi connectivity index (χ2v) is 19.0. The first-order valence-electron chi connectivity index (χ1n) is 28.0. The summed E-state index contributed by atoms with van der Waals surface area (Å²) in [6.45, 7) is 9.17. The van der Waals surface area contributed by atoms with Crippen LogP contribution in [0.2, 0.25) is 0 Å². The van der Waals surface area contributed by atoms with Gasteiger partial charge in [-0.2, -0.15) is 0 Å². The molecule has 2 rings (SSSR count). The Labute approximate surface area is 415 Å². The largest absolute Gasteiger partial charge is 0.251 e. The quantitative estimate of drug-likeness (QED) is 0.0275. The van der Waals surface area contributed by atoms with Crippen LogP contribution in [0.15, 0.2) is 58.5 Å². The van der Waals surface area contributed by atoms with Gasteiger partial charge in [-0.15, -0.1) is 23.7 Å². The van der Waals surface area contributed by atoms with Crippen LogP contribution in [0.5, 0.6) is 0 Å². The number of benzene rings is 2. The van der Waals surface area contributed by atoms with Crippen LogP contribution in [0.25, 0.3) is 0 Å². The summed E-state index contributed by atoms with van der Waals surface area (Å²) in [5.41, 5.74) is 7.25. The molecule has 0 aromatic heterocycles. The molecule has 0 radical (unpaired) electrons. The minimum atomic E-state index is 0. The summed E-state index contributed by atoms with van der Waals surface area (Å²) in [5, 5.41) is 0. The second-order valence-electron chi connectivity index (χ2n) is 19.0. The van der Waals surface area contributed by atoms with Crippen LogP contribution in [0.4, 0.5) is 11.4 Å². The molecule has 0 amide bonds. The van der Waals surface area contributed by atoms with E-state index in [1.165, 1.54) is 189 Å². The summed E-state index contributed by atoms with van der Waals surface area (Å²) in [4.78, 5) is 10.9. The second kappa shape index (κ2) is 46.5. The minimum Gasteiger partial charge on any atom is -0.251 e. The van der Waals surface area contributed by atoms with Gasteiger partial charge in [0.05, 0.1) is 22.8 Å². The van der Waals surface area contributed by atoms with Crippen molar-refractivity contribution in [3.63, 3.8) is 0 Å². The zero-order chi connectivity index (χ0) is 45.6. The number of rotatable bonds is 41. The van der Waals surface area contributed by atoms with Crippen molar-refractivity contribution in [1.29, 1.82) is 0 Å². The van der Waals surface area contributed by atoms with Crippen LogP contribution in [0.3, 0.4) is 0 Å². The monoisotopic (exact) mass is 931 g/mol. The molecule has 2 aromatic rings.